The Bertz CT molecular complexity index is 554. The largest absolute Gasteiger partial charge is 0.494 e. The molecule has 0 amide bonds. The van der Waals surface area contributed by atoms with Crippen molar-refractivity contribution in [2.24, 2.45) is 0 Å². The first-order valence-electron chi connectivity index (χ1n) is 5.39. The molecule has 18 heavy (non-hydrogen) atoms. The maximum absolute atomic E-state index is 13.3. The fourth-order valence-corrected chi connectivity index (χ4v) is 1.56. The molecule has 0 saturated heterocycles. The third-order valence-electron chi connectivity index (χ3n) is 2.45. The molecule has 6 heteroatoms. The number of anilines is 2. The zero-order chi connectivity index (χ0) is 13.1. The van der Waals surface area contributed by atoms with Gasteiger partial charge in [0, 0.05) is 18.2 Å². The van der Waals surface area contributed by atoms with Crippen LogP contribution in [0.4, 0.5) is 15.8 Å². The van der Waals surface area contributed by atoms with Crippen LogP contribution in [-0.4, -0.2) is 12.3 Å². The Balaban J connectivity index is 2.13. The fourth-order valence-electron chi connectivity index (χ4n) is 1.56. The van der Waals surface area contributed by atoms with Gasteiger partial charge in [-0.2, -0.15) is 0 Å². The van der Waals surface area contributed by atoms with Gasteiger partial charge in [-0.05, 0) is 6.92 Å². The number of nitrogens with zero attached hydrogens (tertiary/aromatic N) is 1. The molecule has 0 bridgehead atoms. The Kier molecular flexibility index (Phi) is 3.36. The van der Waals surface area contributed by atoms with Gasteiger partial charge in [-0.15, -0.1) is 0 Å². The van der Waals surface area contributed by atoms with Crippen molar-refractivity contribution in [3.05, 3.63) is 35.5 Å². The number of benzene rings is 1. The average Bonchev–Trinajstić information content (AvgIpc) is 2.74. The Labute approximate surface area is 104 Å². The van der Waals surface area contributed by atoms with Gasteiger partial charge in [0.15, 0.2) is 17.3 Å². The van der Waals surface area contributed by atoms with Crippen molar-refractivity contribution >= 4 is 11.4 Å². The second-order valence-corrected chi connectivity index (χ2v) is 3.86. The minimum atomic E-state index is -0.490. The van der Waals surface area contributed by atoms with Crippen molar-refractivity contribution < 1.29 is 13.7 Å². The summed E-state index contributed by atoms with van der Waals surface area (Å²) in [6.07, 6.45) is 0. The predicted octanol–water partition coefficient (Wildman–Crippen LogP) is 2.33. The lowest BCUT2D eigenvalue weighted by Crippen LogP contribution is -2.03. The summed E-state index contributed by atoms with van der Waals surface area (Å²) < 4.78 is 23.3. The molecule has 0 spiro atoms. The molecule has 1 heterocycles. The van der Waals surface area contributed by atoms with Crippen LogP contribution < -0.4 is 15.8 Å². The van der Waals surface area contributed by atoms with Gasteiger partial charge in [-0.25, -0.2) is 4.39 Å². The Morgan fingerprint density at radius 1 is 1.44 bits per heavy atom. The van der Waals surface area contributed by atoms with E-state index in [0.29, 0.717) is 23.7 Å². The van der Waals surface area contributed by atoms with Crippen molar-refractivity contribution in [3.8, 4) is 5.75 Å². The molecule has 0 saturated carbocycles. The van der Waals surface area contributed by atoms with Crippen molar-refractivity contribution in [2.75, 3.05) is 18.2 Å². The number of hydrogen-bond acceptors (Lipinski definition) is 5. The van der Waals surface area contributed by atoms with Crippen molar-refractivity contribution in [3.63, 3.8) is 0 Å². The first-order valence-corrected chi connectivity index (χ1v) is 5.39. The number of nitrogens with two attached hydrogens (primary N) is 1. The molecule has 0 atom stereocenters. The molecule has 2 aromatic rings. The summed E-state index contributed by atoms with van der Waals surface area (Å²) in [6, 6.07) is 4.53. The minimum absolute atomic E-state index is 0.139. The fraction of sp³-hybridized carbons (Fsp3) is 0.250. The molecule has 5 nitrogen and oxygen atoms in total. The summed E-state index contributed by atoms with van der Waals surface area (Å²) in [4.78, 5) is 0. The molecule has 0 aliphatic heterocycles. The molecule has 0 aliphatic carbocycles. The first-order chi connectivity index (χ1) is 8.60. The van der Waals surface area contributed by atoms with Crippen LogP contribution >= 0.6 is 0 Å². The summed E-state index contributed by atoms with van der Waals surface area (Å²) in [6.45, 7) is 2.25. The van der Waals surface area contributed by atoms with Crippen LogP contribution in [0.25, 0.3) is 0 Å². The zero-order valence-electron chi connectivity index (χ0n) is 10.2. The second-order valence-electron chi connectivity index (χ2n) is 3.86. The van der Waals surface area contributed by atoms with E-state index in [1.807, 2.05) is 13.0 Å². The summed E-state index contributed by atoms with van der Waals surface area (Å²) >= 11 is 0. The van der Waals surface area contributed by atoms with Crippen molar-refractivity contribution in [1.82, 2.24) is 5.16 Å². The molecule has 1 aromatic carbocycles. The number of halogens is 1. The lowest BCUT2D eigenvalue weighted by atomic mass is 10.2. The van der Waals surface area contributed by atoms with Crippen molar-refractivity contribution in [1.29, 1.82) is 0 Å². The van der Waals surface area contributed by atoms with E-state index in [9.17, 15) is 4.39 Å². The lowest BCUT2D eigenvalue weighted by Gasteiger charge is -2.10. The third-order valence-corrected chi connectivity index (χ3v) is 2.45. The topological polar surface area (TPSA) is 73.3 Å². The number of nitrogen functional groups attached to an aromatic ring is 1. The van der Waals surface area contributed by atoms with Gasteiger partial charge in [-0.3, -0.25) is 0 Å². The van der Waals surface area contributed by atoms with Gasteiger partial charge in [0.25, 0.3) is 0 Å². The van der Waals surface area contributed by atoms with E-state index in [-0.39, 0.29) is 5.75 Å². The van der Waals surface area contributed by atoms with Crippen LogP contribution in [0, 0.1) is 12.7 Å². The Hall–Kier alpha value is -2.24. The quantitative estimate of drug-likeness (QED) is 0.816. The maximum atomic E-state index is 13.3. The SMILES string of the molecule is COc1cc(NCc2cc(C)no2)c(N)cc1F. The van der Waals surface area contributed by atoms with Crippen LogP contribution in [0.15, 0.2) is 22.7 Å². The Morgan fingerprint density at radius 2 is 2.22 bits per heavy atom. The van der Waals surface area contributed by atoms with Gasteiger partial charge < -0.3 is 20.3 Å². The summed E-state index contributed by atoms with van der Waals surface area (Å²) in [7, 11) is 1.40. The van der Waals surface area contributed by atoms with Gasteiger partial charge in [0.2, 0.25) is 0 Å². The maximum Gasteiger partial charge on any atom is 0.167 e. The summed E-state index contributed by atoms with van der Waals surface area (Å²) in [5, 5.41) is 6.81. The van der Waals surface area contributed by atoms with Crippen LogP contribution in [0.2, 0.25) is 0 Å². The molecule has 2 rings (SSSR count). The number of ether oxygens (including phenoxy) is 1. The smallest absolute Gasteiger partial charge is 0.167 e. The molecular weight excluding hydrogens is 237 g/mol. The van der Waals surface area contributed by atoms with Crippen LogP contribution in [0.5, 0.6) is 5.75 Å². The van der Waals surface area contributed by atoms with E-state index in [1.165, 1.54) is 19.2 Å². The molecular formula is C12H14FN3O2. The number of aromatic nitrogens is 1. The highest BCUT2D eigenvalue weighted by molar-refractivity contribution is 5.68. The number of nitrogens with one attached hydrogen (secondary N) is 1. The number of rotatable bonds is 4. The van der Waals surface area contributed by atoms with Gasteiger partial charge in [0.05, 0.1) is 30.7 Å². The van der Waals surface area contributed by atoms with E-state index in [2.05, 4.69) is 10.5 Å². The number of hydrogen-bond donors (Lipinski definition) is 2. The Morgan fingerprint density at radius 3 is 2.83 bits per heavy atom. The highest BCUT2D eigenvalue weighted by Gasteiger charge is 2.09. The van der Waals surface area contributed by atoms with E-state index in [0.717, 1.165) is 5.69 Å². The molecule has 0 fully saturated rings. The molecule has 0 unspecified atom stereocenters. The van der Waals surface area contributed by atoms with E-state index < -0.39 is 5.82 Å². The predicted molar refractivity (Wildman–Crippen MR) is 65.9 cm³/mol. The van der Waals surface area contributed by atoms with Crippen LogP contribution in [-0.2, 0) is 6.54 Å². The second kappa shape index (κ2) is 4.95. The zero-order valence-corrected chi connectivity index (χ0v) is 10.2. The van der Waals surface area contributed by atoms with E-state index in [1.54, 1.807) is 0 Å². The average molecular weight is 251 g/mol. The highest BCUT2D eigenvalue weighted by atomic mass is 19.1. The highest BCUT2D eigenvalue weighted by Crippen LogP contribution is 2.28. The van der Waals surface area contributed by atoms with Gasteiger partial charge in [-0.1, -0.05) is 5.16 Å². The molecule has 0 radical (unpaired) electrons. The third kappa shape index (κ3) is 2.53. The minimum Gasteiger partial charge on any atom is -0.494 e. The first kappa shape index (κ1) is 12.2. The molecule has 1 aromatic heterocycles. The molecule has 96 valence electrons. The van der Waals surface area contributed by atoms with E-state index in [4.69, 9.17) is 15.0 Å². The normalized spacial score (nSPS) is 10.4. The number of methoxy groups -OCH3 is 1. The number of aryl methyl sites for hydroxylation is 1. The van der Waals surface area contributed by atoms with Gasteiger partial charge in [0.1, 0.15) is 0 Å². The summed E-state index contributed by atoms with van der Waals surface area (Å²) in [5.41, 5.74) is 7.41. The van der Waals surface area contributed by atoms with Gasteiger partial charge >= 0.3 is 0 Å². The lowest BCUT2D eigenvalue weighted by molar-refractivity contribution is 0.383. The molecule has 0 aliphatic rings. The van der Waals surface area contributed by atoms with Crippen molar-refractivity contribution in [2.45, 2.75) is 13.5 Å². The monoisotopic (exact) mass is 251 g/mol. The summed E-state index contributed by atoms with van der Waals surface area (Å²) in [5.74, 6) is 0.326. The van der Waals surface area contributed by atoms with Crippen LogP contribution in [0.3, 0.4) is 0 Å². The molecule has 3 N–H and O–H groups in total. The standard InChI is InChI=1S/C12H14FN3O2/c1-7-3-8(18-16-7)6-15-11-5-12(17-2)9(13)4-10(11)14/h3-5,15H,6,14H2,1-2H3. The van der Waals surface area contributed by atoms with Crippen LogP contribution in [0.1, 0.15) is 11.5 Å². The van der Waals surface area contributed by atoms with E-state index >= 15 is 0 Å².